The van der Waals surface area contributed by atoms with Gasteiger partial charge in [0.2, 0.25) is 0 Å². The van der Waals surface area contributed by atoms with Crippen LogP contribution in [0.2, 0.25) is 0 Å². The number of nitrogens with one attached hydrogen (secondary N) is 1. The van der Waals surface area contributed by atoms with E-state index < -0.39 is 11.9 Å². The van der Waals surface area contributed by atoms with Gasteiger partial charge in [-0.05, 0) is 30.5 Å². The molecule has 5 rings (SSSR count). The van der Waals surface area contributed by atoms with Crippen LogP contribution >= 0.6 is 0 Å². The molecular weight excluding hydrogens is 457 g/mol. The van der Waals surface area contributed by atoms with Crippen LogP contribution in [-0.2, 0) is 19.8 Å². The van der Waals surface area contributed by atoms with Gasteiger partial charge < -0.3 is 14.6 Å². The molecule has 0 amide bonds. The van der Waals surface area contributed by atoms with Gasteiger partial charge in [-0.2, -0.15) is 13.2 Å². The van der Waals surface area contributed by atoms with Crippen molar-refractivity contribution in [1.29, 1.82) is 0 Å². The number of aryl methyl sites for hydroxylation is 1. The molecule has 1 aliphatic carbocycles. The minimum Gasteiger partial charge on any atom is -0.491 e. The third-order valence-electron chi connectivity index (χ3n) is 5.86. The second kappa shape index (κ2) is 9.01. The molecular formula is C25H23F3N6O. The van der Waals surface area contributed by atoms with E-state index in [0.717, 1.165) is 35.9 Å². The molecule has 1 N–H and O–H groups in total. The summed E-state index contributed by atoms with van der Waals surface area (Å²) in [6.07, 6.45) is 2.18. The normalized spacial score (nSPS) is 13.6. The molecule has 1 fully saturated rings. The Balaban J connectivity index is 1.34. The lowest BCUT2D eigenvalue weighted by Crippen LogP contribution is -2.06. The SMILES string of the molecule is COc1cnc(-c2cccnc2C2CC2)nc1NCc1ccc(-c2nc(C(F)(F)F)cn2C)cc1. The summed E-state index contributed by atoms with van der Waals surface area (Å²) in [5, 5.41) is 3.28. The van der Waals surface area contributed by atoms with Crippen molar-refractivity contribution in [1.82, 2.24) is 24.5 Å². The zero-order valence-corrected chi connectivity index (χ0v) is 19.2. The lowest BCUT2D eigenvalue weighted by molar-refractivity contribution is -0.140. The van der Waals surface area contributed by atoms with Crippen molar-refractivity contribution >= 4 is 5.82 Å². The van der Waals surface area contributed by atoms with Gasteiger partial charge in [0.05, 0.1) is 19.0 Å². The van der Waals surface area contributed by atoms with Gasteiger partial charge in [-0.25, -0.2) is 15.0 Å². The van der Waals surface area contributed by atoms with Crippen LogP contribution in [0.5, 0.6) is 5.75 Å². The summed E-state index contributed by atoms with van der Waals surface area (Å²) in [5.41, 5.74) is 2.53. The van der Waals surface area contributed by atoms with Gasteiger partial charge in [0, 0.05) is 43.0 Å². The number of nitrogens with zero attached hydrogens (tertiary/aromatic N) is 5. The number of methoxy groups -OCH3 is 1. The standard InChI is InChI=1S/C25H23F3N6O/c1-34-14-20(25(26,27)28)32-24(34)17-7-5-15(6-8-17)12-30-23-19(35-2)13-31-22(33-23)18-4-3-11-29-21(18)16-9-10-16/h3-8,11,13-14,16H,9-10,12H2,1-2H3,(H,30,31,33). The maximum Gasteiger partial charge on any atom is 0.434 e. The van der Waals surface area contributed by atoms with Gasteiger partial charge in [0.15, 0.2) is 23.1 Å². The molecule has 4 aromatic rings. The van der Waals surface area contributed by atoms with E-state index in [1.807, 2.05) is 24.3 Å². The number of hydrogen-bond acceptors (Lipinski definition) is 6. The minimum absolute atomic E-state index is 0.252. The zero-order valence-electron chi connectivity index (χ0n) is 19.2. The Morgan fingerprint density at radius 1 is 1.09 bits per heavy atom. The number of ether oxygens (including phenoxy) is 1. The number of anilines is 1. The topological polar surface area (TPSA) is 77.8 Å². The number of hydrogen-bond donors (Lipinski definition) is 1. The fourth-order valence-electron chi connectivity index (χ4n) is 3.89. The van der Waals surface area contributed by atoms with Crippen LogP contribution in [0.15, 0.2) is 55.0 Å². The Morgan fingerprint density at radius 3 is 2.51 bits per heavy atom. The number of aromatic nitrogens is 5. The molecule has 3 heterocycles. The van der Waals surface area contributed by atoms with Gasteiger partial charge in [0.25, 0.3) is 0 Å². The Labute approximate surface area is 200 Å². The number of imidazole rings is 1. The van der Waals surface area contributed by atoms with E-state index in [0.29, 0.717) is 35.4 Å². The first-order valence-electron chi connectivity index (χ1n) is 11.1. The Hall–Kier alpha value is -3.95. The third kappa shape index (κ3) is 4.82. The van der Waals surface area contributed by atoms with E-state index in [-0.39, 0.29) is 5.82 Å². The van der Waals surface area contributed by atoms with Crippen LogP contribution in [0.3, 0.4) is 0 Å². The summed E-state index contributed by atoms with van der Waals surface area (Å²) in [6.45, 7) is 0.435. The van der Waals surface area contributed by atoms with Crippen molar-refractivity contribution in [3.05, 3.63) is 71.9 Å². The molecule has 180 valence electrons. The van der Waals surface area contributed by atoms with Crippen LogP contribution in [-0.4, -0.2) is 31.6 Å². The second-order valence-corrected chi connectivity index (χ2v) is 8.43. The van der Waals surface area contributed by atoms with E-state index in [9.17, 15) is 13.2 Å². The second-order valence-electron chi connectivity index (χ2n) is 8.43. The van der Waals surface area contributed by atoms with E-state index in [4.69, 9.17) is 9.72 Å². The number of alkyl halides is 3. The molecule has 1 aromatic carbocycles. The highest BCUT2D eigenvalue weighted by Gasteiger charge is 2.34. The smallest absolute Gasteiger partial charge is 0.434 e. The predicted octanol–water partition coefficient (Wildman–Crippen LogP) is 5.46. The Bertz CT molecular complexity index is 1350. The predicted molar refractivity (Wildman–Crippen MR) is 125 cm³/mol. The first kappa shape index (κ1) is 22.8. The lowest BCUT2D eigenvalue weighted by atomic mass is 10.1. The first-order valence-corrected chi connectivity index (χ1v) is 11.1. The maximum absolute atomic E-state index is 13.0. The average Bonchev–Trinajstić information content (AvgIpc) is 3.63. The van der Waals surface area contributed by atoms with Gasteiger partial charge in [0.1, 0.15) is 5.82 Å². The fraction of sp³-hybridized carbons (Fsp3) is 0.280. The summed E-state index contributed by atoms with van der Waals surface area (Å²) in [5.74, 6) is 2.34. The van der Waals surface area contributed by atoms with Crippen LogP contribution in [0, 0.1) is 0 Å². The zero-order chi connectivity index (χ0) is 24.6. The van der Waals surface area contributed by atoms with Crippen molar-refractivity contribution in [3.8, 4) is 28.5 Å². The molecule has 7 nitrogen and oxygen atoms in total. The Kier molecular flexibility index (Phi) is 5.88. The van der Waals surface area contributed by atoms with Crippen LogP contribution in [0.25, 0.3) is 22.8 Å². The largest absolute Gasteiger partial charge is 0.491 e. The summed E-state index contributed by atoms with van der Waals surface area (Å²) in [7, 11) is 3.10. The molecule has 0 unspecified atom stereocenters. The van der Waals surface area contributed by atoms with Crippen molar-refractivity contribution in [2.75, 3.05) is 12.4 Å². The summed E-state index contributed by atoms with van der Waals surface area (Å²) in [4.78, 5) is 17.4. The highest BCUT2D eigenvalue weighted by Crippen LogP contribution is 2.42. The van der Waals surface area contributed by atoms with Gasteiger partial charge in [-0.15, -0.1) is 0 Å². The minimum atomic E-state index is -4.48. The summed E-state index contributed by atoms with van der Waals surface area (Å²) >= 11 is 0. The van der Waals surface area contributed by atoms with E-state index in [2.05, 4.69) is 20.3 Å². The molecule has 35 heavy (non-hydrogen) atoms. The molecule has 1 saturated carbocycles. The fourth-order valence-corrected chi connectivity index (χ4v) is 3.89. The quantitative estimate of drug-likeness (QED) is 0.379. The molecule has 3 aromatic heterocycles. The van der Waals surface area contributed by atoms with Gasteiger partial charge in [-0.1, -0.05) is 24.3 Å². The van der Waals surface area contributed by atoms with Gasteiger partial charge in [-0.3, -0.25) is 4.98 Å². The average molecular weight is 480 g/mol. The first-order chi connectivity index (χ1) is 16.8. The highest BCUT2D eigenvalue weighted by molar-refractivity contribution is 5.63. The van der Waals surface area contributed by atoms with Crippen molar-refractivity contribution in [3.63, 3.8) is 0 Å². The summed E-state index contributed by atoms with van der Waals surface area (Å²) in [6, 6.07) is 11.0. The summed E-state index contributed by atoms with van der Waals surface area (Å²) < 4.78 is 45.7. The van der Waals surface area contributed by atoms with E-state index >= 15 is 0 Å². The number of halogens is 3. The van der Waals surface area contributed by atoms with Crippen molar-refractivity contribution in [2.45, 2.75) is 31.5 Å². The third-order valence-corrected chi connectivity index (χ3v) is 5.86. The van der Waals surface area contributed by atoms with Crippen LogP contribution < -0.4 is 10.1 Å². The van der Waals surface area contributed by atoms with Crippen LogP contribution in [0.4, 0.5) is 19.0 Å². The molecule has 0 bridgehead atoms. The lowest BCUT2D eigenvalue weighted by Gasteiger charge is -2.13. The monoisotopic (exact) mass is 480 g/mol. The number of pyridine rings is 1. The molecule has 0 radical (unpaired) electrons. The van der Waals surface area contributed by atoms with Crippen LogP contribution in [0.1, 0.15) is 35.7 Å². The maximum atomic E-state index is 13.0. The van der Waals surface area contributed by atoms with Crippen molar-refractivity contribution in [2.24, 2.45) is 7.05 Å². The molecule has 0 spiro atoms. The molecule has 0 aliphatic heterocycles. The number of benzene rings is 1. The number of rotatable bonds is 7. The Morgan fingerprint density at radius 2 is 1.86 bits per heavy atom. The molecule has 10 heteroatoms. The molecule has 0 atom stereocenters. The van der Waals surface area contributed by atoms with Crippen molar-refractivity contribution < 1.29 is 17.9 Å². The van der Waals surface area contributed by atoms with E-state index in [1.54, 1.807) is 38.7 Å². The van der Waals surface area contributed by atoms with Gasteiger partial charge >= 0.3 is 6.18 Å². The molecule has 0 saturated heterocycles. The molecule has 1 aliphatic rings. The highest BCUT2D eigenvalue weighted by atomic mass is 19.4. The van der Waals surface area contributed by atoms with E-state index in [1.165, 1.54) is 4.57 Å².